The third-order valence-corrected chi connectivity index (χ3v) is 5.17. The zero-order valence-electron chi connectivity index (χ0n) is 12.8. The van der Waals surface area contributed by atoms with Crippen LogP contribution in [-0.4, -0.2) is 51.2 Å². The van der Waals surface area contributed by atoms with Gasteiger partial charge in [0.05, 0.1) is 11.5 Å². The largest absolute Gasteiger partial charge is 0.384 e. The van der Waals surface area contributed by atoms with E-state index in [-0.39, 0.29) is 17.5 Å². The zero-order valence-corrected chi connectivity index (χ0v) is 13.6. The van der Waals surface area contributed by atoms with Gasteiger partial charge in [0.1, 0.15) is 6.61 Å². The molecule has 1 unspecified atom stereocenters. The number of benzene rings is 1. The predicted molar refractivity (Wildman–Crippen MR) is 81.4 cm³/mol. The number of aliphatic hydroxyl groups excluding tert-OH is 1. The number of sulfonamides is 1. The van der Waals surface area contributed by atoms with Crippen LogP contribution in [0.2, 0.25) is 0 Å². The number of hydrogen-bond donors (Lipinski definition) is 1. The molecule has 0 spiro atoms. The Labute approximate surface area is 126 Å². The summed E-state index contributed by atoms with van der Waals surface area (Å²) in [6.07, 6.45) is 0. The van der Waals surface area contributed by atoms with Gasteiger partial charge in [-0.05, 0) is 37.6 Å². The van der Waals surface area contributed by atoms with E-state index in [2.05, 4.69) is 11.8 Å². The van der Waals surface area contributed by atoms with Gasteiger partial charge in [0.2, 0.25) is 10.0 Å². The van der Waals surface area contributed by atoms with Gasteiger partial charge < -0.3 is 9.84 Å². The molecule has 0 amide bonds. The molecule has 1 aromatic carbocycles. The summed E-state index contributed by atoms with van der Waals surface area (Å²) in [5.41, 5.74) is 1.46. The van der Waals surface area contributed by atoms with Gasteiger partial charge in [0.15, 0.2) is 0 Å². The molecule has 0 aliphatic heterocycles. The summed E-state index contributed by atoms with van der Waals surface area (Å²) in [6.45, 7) is 3.68. The Kier molecular flexibility index (Phi) is 6.37. The van der Waals surface area contributed by atoms with Crippen molar-refractivity contribution in [2.24, 2.45) is 0 Å². The van der Waals surface area contributed by atoms with Crippen molar-refractivity contribution < 1.29 is 18.3 Å². The van der Waals surface area contributed by atoms with Gasteiger partial charge in [-0.3, -0.25) is 0 Å². The average Bonchev–Trinajstić information content (AvgIpc) is 2.45. The first-order valence-corrected chi connectivity index (χ1v) is 7.96. The summed E-state index contributed by atoms with van der Waals surface area (Å²) >= 11 is 0. The maximum Gasteiger partial charge on any atom is 0.243 e. The smallest absolute Gasteiger partial charge is 0.243 e. The quantitative estimate of drug-likeness (QED) is 0.824. The second kappa shape index (κ2) is 7.57. The van der Waals surface area contributed by atoms with Gasteiger partial charge >= 0.3 is 0 Å². The highest BCUT2D eigenvalue weighted by Gasteiger charge is 2.25. The number of methoxy groups -OCH3 is 1. The van der Waals surface area contributed by atoms with E-state index in [1.54, 1.807) is 26.0 Å². The molecule has 0 aliphatic carbocycles. The molecule has 116 valence electrons. The van der Waals surface area contributed by atoms with Crippen molar-refractivity contribution in [1.82, 2.24) is 4.31 Å². The third-order valence-electron chi connectivity index (χ3n) is 3.21. The van der Waals surface area contributed by atoms with E-state index >= 15 is 0 Å². The lowest BCUT2D eigenvalue weighted by Crippen LogP contribution is -2.37. The van der Waals surface area contributed by atoms with E-state index in [0.29, 0.717) is 12.2 Å². The molecule has 0 radical (unpaired) electrons. The monoisotopic (exact) mass is 311 g/mol. The minimum absolute atomic E-state index is 0.222. The molecule has 1 aromatic rings. The van der Waals surface area contributed by atoms with Crippen LogP contribution in [0.1, 0.15) is 18.1 Å². The summed E-state index contributed by atoms with van der Waals surface area (Å²) < 4.78 is 31.3. The summed E-state index contributed by atoms with van der Waals surface area (Å²) in [4.78, 5) is 0.222. The lowest BCUT2D eigenvalue weighted by Gasteiger charge is -2.23. The Balaban J connectivity index is 3.12. The van der Waals surface area contributed by atoms with Crippen molar-refractivity contribution >= 4 is 10.0 Å². The van der Waals surface area contributed by atoms with Crippen LogP contribution in [-0.2, 0) is 14.8 Å². The average molecular weight is 311 g/mol. The third kappa shape index (κ3) is 4.29. The molecule has 21 heavy (non-hydrogen) atoms. The number of hydrogen-bond acceptors (Lipinski definition) is 4. The number of likely N-dealkylation sites (N-methyl/N-ethyl adjacent to an activating group) is 1. The van der Waals surface area contributed by atoms with Gasteiger partial charge in [0.25, 0.3) is 0 Å². The molecule has 0 heterocycles. The van der Waals surface area contributed by atoms with Crippen LogP contribution in [0.25, 0.3) is 0 Å². The van der Waals surface area contributed by atoms with Gasteiger partial charge in [-0.1, -0.05) is 11.8 Å². The maximum absolute atomic E-state index is 12.5. The lowest BCUT2D eigenvalue weighted by atomic mass is 10.1. The van der Waals surface area contributed by atoms with Crippen molar-refractivity contribution in [3.63, 3.8) is 0 Å². The number of ether oxygens (including phenoxy) is 1. The first-order valence-electron chi connectivity index (χ1n) is 6.52. The number of aliphatic hydroxyl groups is 1. The standard InChI is InChI=1S/C15H21NO4S/c1-12-10-15(8-7-14(12)6-5-9-17)21(18,19)16(3)13(2)11-20-4/h7-8,10,13,17H,9,11H2,1-4H3. The number of aryl methyl sites for hydroxylation is 1. The first-order chi connectivity index (χ1) is 9.84. The van der Waals surface area contributed by atoms with Crippen LogP contribution >= 0.6 is 0 Å². The summed E-state index contributed by atoms with van der Waals surface area (Å²) in [6, 6.07) is 4.51. The van der Waals surface area contributed by atoms with Gasteiger partial charge in [-0.2, -0.15) is 4.31 Å². The van der Waals surface area contributed by atoms with E-state index in [4.69, 9.17) is 9.84 Å². The van der Waals surface area contributed by atoms with Crippen LogP contribution in [0.15, 0.2) is 23.1 Å². The highest BCUT2D eigenvalue weighted by Crippen LogP contribution is 2.19. The summed E-state index contributed by atoms with van der Waals surface area (Å²) in [5.74, 6) is 5.34. The fraction of sp³-hybridized carbons (Fsp3) is 0.467. The molecule has 1 atom stereocenters. The highest BCUT2D eigenvalue weighted by atomic mass is 32.2. The molecule has 0 aliphatic rings. The van der Waals surface area contributed by atoms with Crippen molar-refractivity contribution in [3.05, 3.63) is 29.3 Å². The van der Waals surface area contributed by atoms with E-state index in [1.807, 2.05) is 0 Å². The Hall–Kier alpha value is -1.39. The van der Waals surface area contributed by atoms with Crippen LogP contribution < -0.4 is 0 Å². The van der Waals surface area contributed by atoms with Gasteiger partial charge in [0, 0.05) is 25.8 Å². The Morgan fingerprint density at radius 1 is 1.43 bits per heavy atom. The van der Waals surface area contributed by atoms with E-state index < -0.39 is 10.0 Å². The number of rotatable bonds is 5. The number of nitrogens with zero attached hydrogens (tertiary/aromatic N) is 1. The van der Waals surface area contributed by atoms with Crippen molar-refractivity contribution in [2.45, 2.75) is 24.8 Å². The van der Waals surface area contributed by atoms with Crippen molar-refractivity contribution in [2.75, 3.05) is 27.4 Å². The molecular weight excluding hydrogens is 290 g/mol. The summed E-state index contributed by atoms with van der Waals surface area (Å²) in [7, 11) is -0.491. The molecule has 1 rings (SSSR count). The lowest BCUT2D eigenvalue weighted by molar-refractivity contribution is 0.149. The van der Waals surface area contributed by atoms with Crippen LogP contribution in [0, 0.1) is 18.8 Å². The molecule has 0 bridgehead atoms. The minimum Gasteiger partial charge on any atom is -0.384 e. The minimum atomic E-state index is -3.56. The fourth-order valence-electron chi connectivity index (χ4n) is 1.82. The zero-order chi connectivity index (χ0) is 16.0. The van der Waals surface area contributed by atoms with Crippen LogP contribution in [0.4, 0.5) is 0 Å². The van der Waals surface area contributed by atoms with Crippen LogP contribution in [0.3, 0.4) is 0 Å². The molecule has 5 nitrogen and oxygen atoms in total. The Morgan fingerprint density at radius 3 is 2.62 bits per heavy atom. The summed E-state index contributed by atoms with van der Waals surface area (Å²) in [5, 5.41) is 8.70. The molecule has 6 heteroatoms. The molecular formula is C15H21NO4S. The topological polar surface area (TPSA) is 66.8 Å². The van der Waals surface area contributed by atoms with Gasteiger partial charge in [-0.15, -0.1) is 0 Å². The highest BCUT2D eigenvalue weighted by molar-refractivity contribution is 7.89. The SMILES string of the molecule is COCC(C)N(C)S(=O)(=O)c1ccc(C#CCO)c(C)c1. The first kappa shape index (κ1) is 17.7. The second-order valence-corrected chi connectivity index (χ2v) is 6.76. The molecule has 1 N–H and O–H groups in total. The maximum atomic E-state index is 12.5. The fourth-order valence-corrected chi connectivity index (χ4v) is 3.25. The van der Waals surface area contributed by atoms with Crippen molar-refractivity contribution in [3.8, 4) is 11.8 Å². The second-order valence-electron chi connectivity index (χ2n) is 4.76. The molecule has 0 saturated carbocycles. The molecule has 0 fully saturated rings. The molecule has 0 saturated heterocycles. The van der Waals surface area contributed by atoms with E-state index in [0.717, 1.165) is 5.56 Å². The Morgan fingerprint density at radius 2 is 2.10 bits per heavy atom. The van der Waals surface area contributed by atoms with Crippen LogP contribution in [0.5, 0.6) is 0 Å². The van der Waals surface area contributed by atoms with Gasteiger partial charge in [-0.25, -0.2) is 8.42 Å². The molecule has 0 aromatic heterocycles. The predicted octanol–water partition coefficient (Wildman–Crippen LogP) is 0.994. The van der Waals surface area contributed by atoms with Crippen molar-refractivity contribution in [1.29, 1.82) is 0 Å². The van der Waals surface area contributed by atoms with E-state index in [9.17, 15) is 8.42 Å². The van der Waals surface area contributed by atoms with E-state index in [1.165, 1.54) is 24.5 Å². The Bertz CT molecular complexity index is 643. The normalized spacial score (nSPS) is 12.9.